The zero-order chi connectivity index (χ0) is 13.1. The van der Waals surface area contributed by atoms with Crippen LogP contribution >= 0.6 is 27.3 Å². The first-order valence-corrected chi connectivity index (χ1v) is 7.14. The van der Waals surface area contributed by atoms with E-state index < -0.39 is 11.6 Å². The maximum atomic E-state index is 13.0. The Morgan fingerprint density at radius 1 is 1.17 bits per heavy atom. The monoisotopic (exact) mass is 331 g/mol. The molecule has 1 heterocycles. The van der Waals surface area contributed by atoms with E-state index in [0.29, 0.717) is 18.4 Å². The van der Waals surface area contributed by atoms with Crippen molar-refractivity contribution in [1.29, 1.82) is 0 Å². The van der Waals surface area contributed by atoms with Crippen molar-refractivity contribution >= 4 is 27.3 Å². The van der Waals surface area contributed by atoms with Gasteiger partial charge in [0.25, 0.3) is 0 Å². The first kappa shape index (κ1) is 13.6. The number of hydrogen-bond acceptors (Lipinski definition) is 2. The molecular weight excluding hydrogens is 320 g/mol. The summed E-state index contributed by atoms with van der Waals surface area (Å²) in [6.07, 6.45) is 1.15. The summed E-state index contributed by atoms with van der Waals surface area (Å²) in [5.74, 6) is -1.12. The van der Waals surface area contributed by atoms with Gasteiger partial charge >= 0.3 is 0 Å². The van der Waals surface area contributed by atoms with Crippen molar-refractivity contribution < 1.29 is 8.78 Å². The molecule has 5 heteroatoms. The van der Waals surface area contributed by atoms with Gasteiger partial charge in [0.2, 0.25) is 0 Å². The number of halogens is 3. The summed E-state index contributed by atoms with van der Waals surface area (Å²) in [6.45, 7) is 0. The van der Waals surface area contributed by atoms with Crippen molar-refractivity contribution in [3.05, 3.63) is 56.2 Å². The molecule has 18 heavy (non-hydrogen) atoms. The number of hydrogen-bond donors (Lipinski definition) is 1. The third kappa shape index (κ3) is 3.60. The van der Waals surface area contributed by atoms with Gasteiger partial charge in [-0.2, -0.15) is 0 Å². The van der Waals surface area contributed by atoms with Gasteiger partial charge in [-0.1, -0.05) is 0 Å². The molecule has 0 saturated carbocycles. The minimum atomic E-state index is -0.561. The summed E-state index contributed by atoms with van der Waals surface area (Å²) in [6, 6.07) is 5.33. The fraction of sp³-hybridized carbons (Fsp3) is 0.231. The van der Waals surface area contributed by atoms with E-state index in [1.54, 1.807) is 11.3 Å². The molecule has 0 amide bonds. The van der Waals surface area contributed by atoms with Gasteiger partial charge in [0.1, 0.15) is 11.6 Å². The number of nitrogens with two attached hydrogens (primary N) is 1. The zero-order valence-electron chi connectivity index (χ0n) is 9.50. The van der Waals surface area contributed by atoms with Crippen LogP contribution in [0.2, 0.25) is 0 Å². The van der Waals surface area contributed by atoms with Gasteiger partial charge in [-0.3, -0.25) is 0 Å². The van der Waals surface area contributed by atoms with E-state index in [9.17, 15) is 8.78 Å². The molecule has 2 N–H and O–H groups in total. The minimum absolute atomic E-state index is 0.152. The molecule has 96 valence electrons. The highest BCUT2D eigenvalue weighted by Gasteiger charge is 2.10. The lowest BCUT2D eigenvalue weighted by Gasteiger charge is -2.11. The highest BCUT2D eigenvalue weighted by atomic mass is 79.9. The van der Waals surface area contributed by atoms with Gasteiger partial charge in [-0.25, -0.2) is 8.78 Å². The molecule has 0 saturated heterocycles. The van der Waals surface area contributed by atoms with E-state index in [1.165, 1.54) is 12.1 Å². The summed E-state index contributed by atoms with van der Waals surface area (Å²) >= 11 is 5.06. The smallest absolute Gasteiger partial charge is 0.126 e. The second-order valence-electron chi connectivity index (χ2n) is 4.14. The van der Waals surface area contributed by atoms with Gasteiger partial charge in [0, 0.05) is 21.5 Å². The van der Waals surface area contributed by atoms with Crippen LogP contribution in [0.15, 0.2) is 34.1 Å². The van der Waals surface area contributed by atoms with E-state index in [4.69, 9.17) is 5.73 Å². The van der Waals surface area contributed by atoms with Crippen molar-refractivity contribution in [1.82, 2.24) is 0 Å². The van der Waals surface area contributed by atoms with Crippen LogP contribution in [0.5, 0.6) is 0 Å². The second-order valence-corrected chi connectivity index (χ2v) is 5.99. The fourth-order valence-corrected chi connectivity index (χ4v) is 3.42. The van der Waals surface area contributed by atoms with Gasteiger partial charge in [0.05, 0.1) is 0 Å². The van der Waals surface area contributed by atoms with E-state index in [0.717, 1.165) is 15.4 Å². The largest absolute Gasteiger partial charge is 0.327 e. The number of thiophene rings is 1. The van der Waals surface area contributed by atoms with Crippen LogP contribution < -0.4 is 5.73 Å². The molecule has 0 aliphatic carbocycles. The molecule has 0 fully saturated rings. The summed E-state index contributed by atoms with van der Waals surface area (Å²) < 4.78 is 27.1. The lowest BCUT2D eigenvalue weighted by molar-refractivity contribution is 0.574. The van der Waals surface area contributed by atoms with E-state index in [2.05, 4.69) is 15.9 Å². The fourth-order valence-electron chi connectivity index (χ4n) is 1.81. The molecule has 0 aliphatic rings. The quantitative estimate of drug-likeness (QED) is 0.903. The third-order valence-corrected chi connectivity index (χ3v) is 4.51. The van der Waals surface area contributed by atoms with Crippen LogP contribution in [0.25, 0.3) is 0 Å². The Balaban J connectivity index is 2.03. The Labute approximate surface area is 117 Å². The molecular formula is C13H12BrF2NS. The average Bonchev–Trinajstić information content (AvgIpc) is 2.62. The van der Waals surface area contributed by atoms with Crippen molar-refractivity contribution in [3.63, 3.8) is 0 Å². The van der Waals surface area contributed by atoms with Crippen molar-refractivity contribution in [2.75, 3.05) is 0 Å². The molecule has 0 spiro atoms. The maximum Gasteiger partial charge on any atom is 0.126 e. The van der Waals surface area contributed by atoms with Crippen molar-refractivity contribution in [2.45, 2.75) is 18.9 Å². The van der Waals surface area contributed by atoms with Crippen LogP contribution in [0.1, 0.15) is 10.4 Å². The summed E-state index contributed by atoms with van der Waals surface area (Å²) in [7, 11) is 0. The van der Waals surface area contributed by atoms with E-state index in [1.807, 2.05) is 11.4 Å². The van der Waals surface area contributed by atoms with Crippen LogP contribution in [-0.2, 0) is 12.8 Å². The molecule has 1 atom stereocenters. The zero-order valence-corrected chi connectivity index (χ0v) is 11.9. The van der Waals surface area contributed by atoms with Gasteiger partial charge in [-0.15, -0.1) is 11.3 Å². The average molecular weight is 332 g/mol. The molecule has 2 rings (SSSR count). The van der Waals surface area contributed by atoms with Crippen molar-refractivity contribution in [2.24, 2.45) is 5.73 Å². The Bertz CT molecular complexity index is 521. The number of benzene rings is 1. The SMILES string of the molecule is NC(Cc1cc(F)cc(F)c1)Cc1sccc1Br. The van der Waals surface area contributed by atoms with Gasteiger partial charge < -0.3 is 5.73 Å². The molecule has 0 aliphatic heterocycles. The van der Waals surface area contributed by atoms with Crippen LogP contribution in [0, 0.1) is 11.6 Å². The lowest BCUT2D eigenvalue weighted by Crippen LogP contribution is -2.25. The topological polar surface area (TPSA) is 26.0 Å². The van der Waals surface area contributed by atoms with Gasteiger partial charge in [-0.05, 0) is 57.9 Å². The van der Waals surface area contributed by atoms with Crippen LogP contribution in [-0.4, -0.2) is 6.04 Å². The molecule has 1 unspecified atom stereocenters. The highest BCUT2D eigenvalue weighted by molar-refractivity contribution is 9.10. The molecule has 0 bridgehead atoms. The Hall–Kier alpha value is -0.780. The second kappa shape index (κ2) is 5.91. The maximum absolute atomic E-state index is 13.0. The Morgan fingerprint density at radius 3 is 2.39 bits per heavy atom. The predicted molar refractivity (Wildman–Crippen MR) is 73.8 cm³/mol. The normalized spacial score (nSPS) is 12.7. The summed E-state index contributed by atoms with van der Waals surface area (Å²) in [4.78, 5) is 1.15. The Kier molecular flexibility index (Phi) is 4.48. The lowest BCUT2D eigenvalue weighted by atomic mass is 10.0. The predicted octanol–water partition coefficient (Wildman–Crippen LogP) is 3.90. The third-order valence-electron chi connectivity index (χ3n) is 2.56. The van der Waals surface area contributed by atoms with Gasteiger partial charge in [0.15, 0.2) is 0 Å². The summed E-state index contributed by atoms with van der Waals surface area (Å²) in [5.41, 5.74) is 6.60. The Morgan fingerprint density at radius 2 is 1.83 bits per heavy atom. The van der Waals surface area contributed by atoms with Crippen LogP contribution in [0.4, 0.5) is 8.78 Å². The first-order chi connectivity index (χ1) is 8.54. The van der Waals surface area contributed by atoms with E-state index in [-0.39, 0.29) is 6.04 Å². The molecule has 1 aromatic heterocycles. The van der Waals surface area contributed by atoms with Crippen LogP contribution in [0.3, 0.4) is 0 Å². The van der Waals surface area contributed by atoms with E-state index >= 15 is 0 Å². The molecule has 1 nitrogen and oxygen atoms in total. The summed E-state index contributed by atoms with van der Waals surface area (Å²) in [5, 5.41) is 1.98. The number of rotatable bonds is 4. The minimum Gasteiger partial charge on any atom is -0.327 e. The highest BCUT2D eigenvalue weighted by Crippen LogP contribution is 2.24. The molecule has 2 aromatic rings. The van der Waals surface area contributed by atoms with Crippen molar-refractivity contribution in [3.8, 4) is 0 Å². The standard InChI is InChI=1S/C13H12BrF2NS/c14-12-1-2-18-13(12)7-11(17)5-8-3-9(15)6-10(16)4-8/h1-4,6,11H,5,7,17H2. The molecule has 1 aromatic carbocycles. The first-order valence-electron chi connectivity index (χ1n) is 5.47. The molecule has 0 radical (unpaired) electrons.